The molecule has 198 valence electrons. The number of amides is 2. The van der Waals surface area contributed by atoms with Crippen LogP contribution in [0.25, 0.3) is 16.9 Å². The summed E-state index contributed by atoms with van der Waals surface area (Å²) >= 11 is 0. The minimum Gasteiger partial charge on any atom is -0.396 e. The normalized spacial score (nSPS) is 15.1. The van der Waals surface area contributed by atoms with Crippen LogP contribution in [0.2, 0.25) is 0 Å². The summed E-state index contributed by atoms with van der Waals surface area (Å²) in [7, 11) is 0. The summed E-state index contributed by atoms with van der Waals surface area (Å²) in [5.74, 6) is 0. The molecule has 12 heteroatoms. The van der Waals surface area contributed by atoms with Gasteiger partial charge in [0.25, 0.3) is 0 Å². The molecule has 2 amide bonds. The molecule has 0 bridgehead atoms. The van der Waals surface area contributed by atoms with E-state index in [0.717, 1.165) is 61.8 Å². The Morgan fingerprint density at radius 2 is 2.03 bits per heavy atom. The molecule has 0 aliphatic carbocycles. The van der Waals surface area contributed by atoms with Gasteiger partial charge in [0.1, 0.15) is 18.8 Å². The number of alkyl halides is 3. The van der Waals surface area contributed by atoms with E-state index in [1.165, 1.54) is 0 Å². The lowest BCUT2D eigenvalue weighted by Crippen LogP contribution is -2.37. The molecular weight excluding hydrogens is 489 g/mol. The van der Waals surface area contributed by atoms with Crippen molar-refractivity contribution in [1.29, 1.82) is 0 Å². The minimum absolute atomic E-state index is 0.359. The predicted molar refractivity (Wildman–Crippen MR) is 134 cm³/mol. The fraction of sp³-hybridized carbons (Fsp3) is 0.400. The Bertz CT molecular complexity index is 1240. The maximum atomic E-state index is 12.3. The number of morpholine rings is 1. The summed E-state index contributed by atoms with van der Waals surface area (Å²) in [4.78, 5) is 24.1. The summed E-state index contributed by atoms with van der Waals surface area (Å²) in [6.45, 7) is 5.41. The van der Waals surface area contributed by atoms with Crippen LogP contribution in [0.15, 0.2) is 53.9 Å². The highest BCUT2D eigenvalue weighted by atomic mass is 19.4. The lowest BCUT2D eigenvalue weighted by Gasteiger charge is -2.26. The third-order valence-electron chi connectivity index (χ3n) is 5.81. The molecule has 0 spiro atoms. The minimum atomic E-state index is -4.48. The van der Waals surface area contributed by atoms with E-state index in [0.29, 0.717) is 17.9 Å². The average Bonchev–Trinajstić information content (AvgIpc) is 3.31. The van der Waals surface area contributed by atoms with Gasteiger partial charge in [-0.1, -0.05) is 17.3 Å². The highest BCUT2D eigenvalue weighted by Crippen LogP contribution is 2.24. The number of pyridine rings is 1. The zero-order valence-electron chi connectivity index (χ0n) is 20.4. The second kappa shape index (κ2) is 12.1. The van der Waals surface area contributed by atoms with Crippen LogP contribution in [0.5, 0.6) is 0 Å². The molecule has 1 aromatic carbocycles. The summed E-state index contributed by atoms with van der Waals surface area (Å²) in [5, 5.41) is 8.44. The zero-order valence-corrected chi connectivity index (χ0v) is 20.4. The molecule has 2 aromatic heterocycles. The highest BCUT2D eigenvalue weighted by Gasteiger charge is 2.27. The largest absolute Gasteiger partial charge is 0.405 e. The molecule has 3 heterocycles. The summed E-state index contributed by atoms with van der Waals surface area (Å²) in [6, 6.07) is 9.66. The molecule has 37 heavy (non-hydrogen) atoms. The number of rotatable bonds is 9. The quantitative estimate of drug-likeness (QED) is 0.252. The van der Waals surface area contributed by atoms with Crippen molar-refractivity contribution in [3.63, 3.8) is 0 Å². The number of halogens is 3. The van der Waals surface area contributed by atoms with E-state index >= 15 is 0 Å². The van der Waals surface area contributed by atoms with E-state index in [4.69, 9.17) is 9.57 Å². The van der Waals surface area contributed by atoms with Crippen LogP contribution in [-0.2, 0) is 9.57 Å². The van der Waals surface area contributed by atoms with Crippen molar-refractivity contribution in [2.75, 3.05) is 51.3 Å². The van der Waals surface area contributed by atoms with Crippen molar-refractivity contribution in [1.82, 2.24) is 19.6 Å². The summed E-state index contributed by atoms with van der Waals surface area (Å²) in [5.41, 5.74) is 4.15. The van der Waals surface area contributed by atoms with E-state index in [1.807, 2.05) is 35.7 Å². The van der Waals surface area contributed by atoms with E-state index in [-0.39, 0.29) is 0 Å². The lowest BCUT2D eigenvalue weighted by atomic mass is 10.1. The number of hydrogen-bond donors (Lipinski definition) is 2. The van der Waals surface area contributed by atoms with Crippen LogP contribution in [0.3, 0.4) is 0 Å². The van der Waals surface area contributed by atoms with Gasteiger partial charge in [-0.25, -0.2) is 9.78 Å². The van der Waals surface area contributed by atoms with Crippen molar-refractivity contribution >= 4 is 23.1 Å². The summed E-state index contributed by atoms with van der Waals surface area (Å²) in [6.07, 6.45) is -0.0404. The number of imidazole rings is 1. The number of nitrogens with one attached hydrogen (secondary N) is 2. The number of benzene rings is 1. The van der Waals surface area contributed by atoms with Crippen molar-refractivity contribution in [2.45, 2.75) is 19.5 Å². The standard InChI is InChI=1S/C25H29F3N6O3/c1-18(32-37-11-3-7-33-9-12-36-13-10-33)19-6-8-34-22(16-29-23(34)15-19)20-4-2-5-21(14-20)31-24(35)30-17-25(26,27)28/h2,4-6,8,14-16H,3,7,9-13,17H2,1H3,(H2,30,31,35)/b32-18+. The highest BCUT2D eigenvalue weighted by molar-refractivity contribution is 5.99. The van der Waals surface area contributed by atoms with Crippen molar-refractivity contribution in [3.05, 3.63) is 54.4 Å². The van der Waals surface area contributed by atoms with Crippen molar-refractivity contribution in [3.8, 4) is 11.3 Å². The monoisotopic (exact) mass is 518 g/mol. The van der Waals surface area contributed by atoms with Gasteiger partial charge >= 0.3 is 12.2 Å². The number of ether oxygens (including phenoxy) is 1. The van der Waals surface area contributed by atoms with Gasteiger partial charge in [0.05, 0.1) is 30.8 Å². The number of nitrogens with zero attached hydrogens (tertiary/aromatic N) is 4. The summed E-state index contributed by atoms with van der Waals surface area (Å²) < 4.78 is 44.2. The fourth-order valence-corrected chi connectivity index (χ4v) is 3.90. The number of oxime groups is 1. The van der Waals surface area contributed by atoms with Crippen LogP contribution in [-0.4, -0.2) is 78.2 Å². The van der Waals surface area contributed by atoms with Crippen molar-refractivity contribution < 1.29 is 27.5 Å². The van der Waals surface area contributed by atoms with Crippen LogP contribution in [0.4, 0.5) is 23.7 Å². The van der Waals surface area contributed by atoms with Crippen LogP contribution in [0, 0.1) is 0 Å². The van der Waals surface area contributed by atoms with Gasteiger partial charge in [-0.2, -0.15) is 13.2 Å². The van der Waals surface area contributed by atoms with Gasteiger partial charge in [0.15, 0.2) is 0 Å². The van der Waals surface area contributed by atoms with E-state index in [1.54, 1.807) is 29.7 Å². The maximum Gasteiger partial charge on any atom is 0.405 e. The van der Waals surface area contributed by atoms with Gasteiger partial charge in [-0.15, -0.1) is 0 Å². The Hall–Kier alpha value is -3.64. The molecular formula is C25H29F3N6O3. The van der Waals surface area contributed by atoms with E-state index in [2.05, 4.69) is 20.4 Å². The first-order valence-corrected chi connectivity index (χ1v) is 11.9. The van der Waals surface area contributed by atoms with Crippen molar-refractivity contribution in [2.24, 2.45) is 5.16 Å². The molecule has 3 aromatic rings. The molecule has 0 radical (unpaired) electrons. The molecule has 2 N–H and O–H groups in total. The number of urea groups is 1. The first kappa shape index (κ1) is 26.4. The average molecular weight is 519 g/mol. The third-order valence-corrected chi connectivity index (χ3v) is 5.81. The van der Waals surface area contributed by atoms with Gasteiger partial charge in [0, 0.05) is 42.6 Å². The van der Waals surface area contributed by atoms with Crippen LogP contribution < -0.4 is 10.6 Å². The number of carbonyl (C=O) groups is 1. The van der Waals surface area contributed by atoms with E-state index in [9.17, 15) is 18.0 Å². The first-order valence-electron chi connectivity index (χ1n) is 11.9. The van der Waals surface area contributed by atoms with Crippen LogP contribution >= 0.6 is 0 Å². The fourth-order valence-electron chi connectivity index (χ4n) is 3.90. The predicted octanol–water partition coefficient (Wildman–Crippen LogP) is 4.15. The molecule has 0 unspecified atom stereocenters. The molecule has 9 nitrogen and oxygen atoms in total. The topological polar surface area (TPSA) is 92.5 Å². The van der Waals surface area contributed by atoms with Crippen LogP contribution in [0.1, 0.15) is 18.9 Å². The number of carbonyl (C=O) groups excluding carboxylic acids is 1. The molecule has 4 rings (SSSR count). The Morgan fingerprint density at radius 1 is 1.22 bits per heavy atom. The molecule has 1 fully saturated rings. The Balaban J connectivity index is 1.36. The number of fused-ring (bicyclic) bond motifs is 1. The van der Waals surface area contributed by atoms with Gasteiger partial charge in [-0.05, 0) is 37.6 Å². The molecule has 1 saturated heterocycles. The van der Waals surface area contributed by atoms with Gasteiger partial charge in [-0.3, -0.25) is 9.30 Å². The Labute approximate surface area is 212 Å². The molecule has 1 aliphatic heterocycles. The maximum absolute atomic E-state index is 12.3. The van der Waals surface area contributed by atoms with E-state index < -0.39 is 18.8 Å². The van der Waals surface area contributed by atoms with Gasteiger partial charge in [0.2, 0.25) is 0 Å². The second-order valence-electron chi connectivity index (χ2n) is 8.61. The second-order valence-corrected chi connectivity index (χ2v) is 8.61. The first-order chi connectivity index (χ1) is 17.8. The third kappa shape index (κ3) is 7.67. The van der Waals surface area contributed by atoms with Gasteiger partial charge < -0.3 is 20.2 Å². The molecule has 1 aliphatic rings. The Kier molecular flexibility index (Phi) is 8.62. The number of anilines is 1. The number of hydrogen-bond acceptors (Lipinski definition) is 6. The Morgan fingerprint density at radius 3 is 2.81 bits per heavy atom. The number of aromatic nitrogens is 2. The SMILES string of the molecule is C/C(=N\OCCCN1CCOCC1)c1ccn2c(-c3cccc(NC(=O)NCC(F)(F)F)c3)cnc2c1. The smallest absolute Gasteiger partial charge is 0.396 e. The zero-order chi connectivity index (χ0) is 26.3. The molecule has 0 saturated carbocycles. The lowest BCUT2D eigenvalue weighted by molar-refractivity contribution is -0.122. The molecule has 0 atom stereocenters.